The molecule has 1 aliphatic rings. The molecule has 1 heterocycles. The van der Waals surface area contributed by atoms with Gasteiger partial charge in [0.1, 0.15) is 0 Å². The lowest BCUT2D eigenvalue weighted by atomic mass is 9.93. The van der Waals surface area contributed by atoms with E-state index < -0.39 is 0 Å². The number of nitrogens with one attached hydrogen (secondary N) is 1. The summed E-state index contributed by atoms with van der Waals surface area (Å²) in [5.74, 6) is 0.291. The minimum absolute atomic E-state index is 0.291. The van der Waals surface area contributed by atoms with E-state index >= 15 is 0 Å². The Morgan fingerprint density at radius 3 is 2.47 bits per heavy atom. The Labute approximate surface area is 103 Å². The third kappa shape index (κ3) is 2.75. The van der Waals surface area contributed by atoms with Crippen LogP contribution in [0.15, 0.2) is 12.1 Å². The van der Waals surface area contributed by atoms with Crippen LogP contribution < -0.4 is 5.32 Å². The van der Waals surface area contributed by atoms with E-state index in [9.17, 15) is 4.79 Å². The molecule has 0 aliphatic carbocycles. The monoisotopic (exact) mass is 231 g/mol. The Bertz CT molecular complexity index is 408. The molecule has 0 bridgehead atoms. The highest BCUT2D eigenvalue weighted by Crippen LogP contribution is 2.20. The van der Waals surface area contributed by atoms with E-state index in [0.717, 1.165) is 29.7 Å². The van der Waals surface area contributed by atoms with Crippen LogP contribution in [0.5, 0.6) is 0 Å². The molecule has 1 aromatic rings. The molecule has 1 saturated heterocycles. The van der Waals surface area contributed by atoms with Gasteiger partial charge in [0.2, 0.25) is 0 Å². The number of carbonyl (C=O) groups excluding carboxylic acids is 1. The van der Waals surface area contributed by atoms with Gasteiger partial charge in [-0.3, -0.25) is 4.79 Å². The average molecular weight is 231 g/mol. The molecule has 0 saturated carbocycles. The van der Waals surface area contributed by atoms with Gasteiger partial charge >= 0.3 is 0 Å². The molecule has 92 valence electrons. The number of ketones is 1. The van der Waals surface area contributed by atoms with Gasteiger partial charge in [-0.05, 0) is 51.3 Å². The lowest BCUT2D eigenvalue weighted by Gasteiger charge is -2.13. The van der Waals surface area contributed by atoms with E-state index in [1.54, 1.807) is 0 Å². The second-order valence-electron chi connectivity index (χ2n) is 5.19. The van der Waals surface area contributed by atoms with Crippen molar-refractivity contribution in [3.05, 3.63) is 34.4 Å². The molecule has 1 unspecified atom stereocenters. The smallest absolute Gasteiger partial charge is 0.164 e. The van der Waals surface area contributed by atoms with Gasteiger partial charge in [0, 0.05) is 18.0 Å². The molecule has 0 amide bonds. The van der Waals surface area contributed by atoms with Crippen LogP contribution in [0.1, 0.15) is 46.3 Å². The minimum Gasteiger partial charge on any atom is -0.314 e. The Morgan fingerprint density at radius 2 is 1.94 bits per heavy atom. The second kappa shape index (κ2) is 5.01. The summed E-state index contributed by atoms with van der Waals surface area (Å²) in [5.41, 5.74) is 4.40. The fourth-order valence-electron chi connectivity index (χ4n) is 2.88. The number of rotatable bonds is 3. The van der Waals surface area contributed by atoms with Crippen molar-refractivity contribution in [1.29, 1.82) is 0 Å². The maximum absolute atomic E-state index is 12.3. The number of carbonyl (C=O) groups is 1. The van der Waals surface area contributed by atoms with E-state index in [-0.39, 0.29) is 0 Å². The van der Waals surface area contributed by atoms with Crippen molar-refractivity contribution in [3.8, 4) is 0 Å². The minimum atomic E-state index is 0.291. The molecule has 1 aliphatic heterocycles. The van der Waals surface area contributed by atoms with Gasteiger partial charge in [-0.25, -0.2) is 0 Å². The van der Waals surface area contributed by atoms with E-state index in [4.69, 9.17) is 0 Å². The zero-order valence-corrected chi connectivity index (χ0v) is 11.0. The summed E-state index contributed by atoms with van der Waals surface area (Å²) >= 11 is 0. The zero-order valence-electron chi connectivity index (χ0n) is 11.0. The van der Waals surface area contributed by atoms with E-state index in [2.05, 4.69) is 24.4 Å². The number of aryl methyl sites for hydroxylation is 3. The van der Waals surface area contributed by atoms with Crippen molar-refractivity contribution in [2.45, 2.75) is 46.1 Å². The summed E-state index contributed by atoms with van der Waals surface area (Å²) in [4.78, 5) is 12.3. The fourth-order valence-corrected chi connectivity index (χ4v) is 2.88. The van der Waals surface area contributed by atoms with Crippen molar-refractivity contribution >= 4 is 5.78 Å². The second-order valence-corrected chi connectivity index (χ2v) is 5.19. The van der Waals surface area contributed by atoms with Crippen LogP contribution in [0.4, 0.5) is 0 Å². The Morgan fingerprint density at radius 1 is 1.29 bits per heavy atom. The molecule has 1 fully saturated rings. The average Bonchev–Trinajstić information content (AvgIpc) is 2.68. The normalized spacial score (nSPS) is 19.6. The van der Waals surface area contributed by atoms with Gasteiger partial charge in [-0.2, -0.15) is 0 Å². The van der Waals surface area contributed by atoms with Gasteiger partial charge in [-0.1, -0.05) is 17.7 Å². The molecule has 0 radical (unpaired) electrons. The summed E-state index contributed by atoms with van der Waals surface area (Å²) in [5, 5.41) is 3.39. The first-order chi connectivity index (χ1) is 8.08. The molecular formula is C15H21NO. The van der Waals surface area contributed by atoms with Gasteiger partial charge in [0.05, 0.1) is 0 Å². The van der Waals surface area contributed by atoms with Crippen LogP contribution in [-0.2, 0) is 0 Å². The quantitative estimate of drug-likeness (QED) is 0.810. The predicted octanol–water partition coefficient (Wildman–Crippen LogP) is 2.94. The van der Waals surface area contributed by atoms with Crippen molar-refractivity contribution in [3.63, 3.8) is 0 Å². The Balaban J connectivity index is 2.18. The van der Waals surface area contributed by atoms with E-state index in [0.29, 0.717) is 18.2 Å². The van der Waals surface area contributed by atoms with Gasteiger partial charge in [0.25, 0.3) is 0 Å². The standard InChI is InChI=1S/C15H21NO/c1-10-7-11(2)15(12(3)8-10)14(17)9-13-5-4-6-16-13/h7-8,13,16H,4-6,9H2,1-3H3. The summed E-state index contributed by atoms with van der Waals surface area (Å²) in [7, 11) is 0. The van der Waals surface area contributed by atoms with Crippen molar-refractivity contribution in [2.75, 3.05) is 6.54 Å². The number of hydrogen-bond acceptors (Lipinski definition) is 2. The van der Waals surface area contributed by atoms with Crippen molar-refractivity contribution in [2.24, 2.45) is 0 Å². The number of Topliss-reactive ketones (excluding diaryl/α,β-unsaturated/α-hetero) is 1. The summed E-state index contributed by atoms with van der Waals surface area (Å²) in [6.07, 6.45) is 2.98. The lowest BCUT2D eigenvalue weighted by Crippen LogP contribution is -2.25. The van der Waals surface area contributed by atoms with Crippen LogP contribution in [0, 0.1) is 20.8 Å². The SMILES string of the molecule is Cc1cc(C)c(C(=O)CC2CCCN2)c(C)c1. The third-order valence-corrected chi connectivity index (χ3v) is 3.55. The van der Waals surface area contributed by atoms with Gasteiger partial charge in [0.15, 0.2) is 5.78 Å². The van der Waals surface area contributed by atoms with Crippen LogP contribution in [-0.4, -0.2) is 18.4 Å². The third-order valence-electron chi connectivity index (χ3n) is 3.55. The number of hydrogen-bond donors (Lipinski definition) is 1. The maximum atomic E-state index is 12.3. The summed E-state index contributed by atoms with van der Waals surface area (Å²) < 4.78 is 0. The van der Waals surface area contributed by atoms with E-state index in [1.165, 1.54) is 12.0 Å². The highest BCUT2D eigenvalue weighted by atomic mass is 16.1. The summed E-state index contributed by atoms with van der Waals surface area (Å²) in [6.45, 7) is 7.21. The molecule has 2 heteroatoms. The first-order valence-corrected chi connectivity index (χ1v) is 6.42. The van der Waals surface area contributed by atoms with Crippen LogP contribution in [0.3, 0.4) is 0 Å². The molecule has 1 N–H and O–H groups in total. The topological polar surface area (TPSA) is 29.1 Å². The predicted molar refractivity (Wildman–Crippen MR) is 70.6 cm³/mol. The lowest BCUT2D eigenvalue weighted by molar-refractivity contribution is 0.0970. The van der Waals surface area contributed by atoms with Crippen LogP contribution >= 0.6 is 0 Å². The largest absolute Gasteiger partial charge is 0.314 e. The van der Waals surface area contributed by atoms with Gasteiger partial charge < -0.3 is 5.32 Å². The molecule has 0 aromatic heterocycles. The van der Waals surface area contributed by atoms with Crippen LogP contribution in [0.2, 0.25) is 0 Å². The first-order valence-electron chi connectivity index (χ1n) is 6.42. The Hall–Kier alpha value is -1.15. The molecular weight excluding hydrogens is 210 g/mol. The Kier molecular flexibility index (Phi) is 3.63. The highest BCUT2D eigenvalue weighted by Gasteiger charge is 2.20. The fraction of sp³-hybridized carbons (Fsp3) is 0.533. The highest BCUT2D eigenvalue weighted by molar-refractivity contribution is 5.99. The summed E-state index contributed by atoms with van der Waals surface area (Å²) in [6, 6.07) is 4.59. The van der Waals surface area contributed by atoms with Crippen molar-refractivity contribution < 1.29 is 4.79 Å². The van der Waals surface area contributed by atoms with Crippen LogP contribution in [0.25, 0.3) is 0 Å². The molecule has 0 spiro atoms. The number of benzene rings is 1. The first kappa shape index (κ1) is 12.3. The zero-order chi connectivity index (χ0) is 12.4. The molecule has 17 heavy (non-hydrogen) atoms. The molecule has 1 atom stereocenters. The van der Waals surface area contributed by atoms with Gasteiger partial charge in [-0.15, -0.1) is 0 Å². The maximum Gasteiger partial charge on any atom is 0.164 e. The van der Waals surface area contributed by atoms with Crippen molar-refractivity contribution in [1.82, 2.24) is 5.32 Å². The molecule has 2 nitrogen and oxygen atoms in total. The molecule has 2 rings (SSSR count). The van der Waals surface area contributed by atoms with E-state index in [1.807, 2.05) is 13.8 Å². The molecule has 1 aromatic carbocycles.